The monoisotopic (exact) mass is 264 g/mol. The van der Waals surface area contributed by atoms with E-state index in [1.807, 2.05) is 0 Å². The third kappa shape index (κ3) is 6.21. The van der Waals surface area contributed by atoms with Crippen molar-refractivity contribution >= 4 is 30.5 Å². The predicted octanol–water partition coefficient (Wildman–Crippen LogP) is 3.10. The van der Waals surface area contributed by atoms with Crippen molar-refractivity contribution < 1.29 is 0 Å². The average molecular weight is 265 g/mol. The largest absolute Gasteiger partial charge is 0.378 e. The zero-order chi connectivity index (χ0) is 10.4. The number of hydrogen-bond acceptors (Lipinski definition) is 2. The summed E-state index contributed by atoms with van der Waals surface area (Å²) < 4.78 is 0. The molecule has 0 aliphatic rings. The summed E-state index contributed by atoms with van der Waals surface area (Å²) in [5, 5.41) is 3.39. The Bertz CT molecular complexity index is 260. The van der Waals surface area contributed by atoms with Crippen LogP contribution in [-0.2, 0) is 6.54 Å². The van der Waals surface area contributed by atoms with Gasteiger partial charge in [-0.1, -0.05) is 19.1 Å². The van der Waals surface area contributed by atoms with Crippen molar-refractivity contribution in [1.29, 1.82) is 0 Å². The van der Waals surface area contributed by atoms with E-state index >= 15 is 0 Å². The summed E-state index contributed by atoms with van der Waals surface area (Å²) in [6.45, 7) is 4.25. The topological polar surface area (TPSA) is 15.3 Å². The van der Waals surface area contributed by atoms with Crippen LogP contribution in [0.5, 0.6) is 0 Å². The van der Waals surface area contributed by atoms with Gasteiger partial charge in [0.05, 0.1) is 0 Å². The van der Waals surface area contributed by atoms with Crippen LogP contribution in [0.15, 0.2) is 24.3 Å². The number of hydrogen-bond donors (Lipinski definition) is 1. The maximum Gasteiger partial charge on any atom is 0.0361 e. The molecule has 1 aromatic rings. The van der Waals surface area contributed by atoms with Crippen molar-refractivity contribution in [3.63, 3.8) is 0 Å². The van der Waals surface area contributed by atoms with Crippen molar-refractivity contribution in [1.82, 2.24) is 5.32 Å². The first kappa shape index (κ1) is 17.9. The molecule has 0 bridgehead atoms. The Labute approximate surface area is 111 Å². The quantitative estimate of drug-likeness (QED) is 0.823. The lowest BCUT2D eigenvalue weighted by atomic mass is 10.2. The summed E-state index contributed by atoms with van der Waals surface area (Å²) >= 11 is 0. The lowest BCUT2D eigenvalue weighted by Gasteiger charge is -2.12. The molecule has 0 spiro atoms. The zero-order valence-corrected chi connectivity index (χ0v) is 11.8. The molecule has 0 saturated heterocycles. The van der Waals surface area contributed by atoms with Crippen LogP contribution in [0.3, 0.4) is 0 Å². The number of nitrogens with one attached hydrogen (secondary N) is 1. The summed E-state index contributed by atoms with van der Waals surface area (Å²) in [6, 6.07) is 8.67. The summed E-state index contributed by atoms with van der Waals surface area (Å²) in [5.74, 6) is 0. The van der Waals surface area contributed by atoms with Crippen molar-refractivity contribution in [2.45, 2.75) is 19.9 Å². The van der Waals surface area contributed by atoms with Gasteiger partial charge in [-0.05, 0) is 30.7 Å². The van der Waals surface area contributed by atoms with Gasteiger partial charge in [-0.25, -0.2) is 0 Å². The molecule has 2 nitrogen and oxygen atoms in total. The maximum atomic E-state index is 3.39. The van der Waals surface area contributed by atoms with E-state index in [1.54, 1.807) is 0 Å². The van der Waals surface area contributed by atoms with E-state index < -0.39 is 0 Å². The van der Waals surface area contributed by atoms with Gasteiger partial charge in [0.1, 0.15) is 0 Å². The van der Waals surface area contributed by atoms with Gasteiger partial charge in [-0.3, -0.25) is 0 Å². The average Bonchev–Trinajstić information content (AvgIpc) is 2.19. The van der Waals surface area contributed by atoms with Gasteiger partial charge in [0.2, 0.25) is 0 Å². The number of nitrogens with zero attached hydrogens (tertiary/aromatic N) is 1. The van der Waals surface area contributed by atoms with E-state index in [0.29, 0.717) is 0 Å². The standard InChI is InChI=1S/C12H20N2.2ClH/c1-4-9-13-10-11-5-7-12(8-6-11)14(2)3;;/h5-8,13H,4,9-10H2,1-3H3;2*1H. The number of rotatable bonds is 5. The van der Waals surface area contributed by atoms with Crippen LogP contribution in [0.25, 0.3) is 0 Å². The predicted molar refractivity (Wildman–Crippen MR) is 77.3 cm³/mol. The van der Waals surface area contributed by atoms with E-state index in [-0.39, 0.29) is 24.8 Å². The molecule has 0 aromatic heterocycles. The van der Waals surface area contributed by atoms with Gasteiger partial charge >= 0.3 is 0 Å². The fraction of sp³-hybridized carbons (Fsp3) is 0.500. The maximum absolute atomic E-state index is 3.39. The second kappa shape index (κ2) is 9.76. The Kier molecular flexibility index (Phi) is 10.9. The number of benzene rings is 1. The molecular formula is C12H22Cl2N2. The first-order valence-electron chi connectivity index (χ1n) is 5.21. The molecule has 0 aliphatic carbocycles. The Morgan fingerprint density at radius 3 is 2.06 bits per heavy atom. The highest BCUT2D eigenvalue weighted by Gasteiger charge is 1.95. The van der Waals surface area contributed by atoms with Crippen LogP contribution in [0, 0.1) is 0 Å². The van der Waals surface area contributed by atoms with Crippen molar-refractivity contribution in [2.24, 2.45) is 0 Å². The molecular weight excluding hydrogens is 243 g/mol. The molecule has 0 unspecified atom stereocenters. The highest BCUT2D eigenvalue weighted by molar-refractivity contribution is 5.85. The van der Waals surface area contributed by atoms with Crippen molar-refractivity contribution in [3.8, 4) is 0 Å². The van der Waals surface area contributed by atoms with E-state index in [1.165, 1.54) is 17.7 Å². The molecule has 0 radical (unpaired) electrons. The summed E-state index contributed by atoms with van der Waals surface area (Å²) in [5.41, 5.74) is 2.60. The molecule has 0 heterocycles. The summed E-state index contributed by atoms with van der Waals surface area (Å²) in [6.07, 6.45) is 1.19. The molecule has 1 rings (SSSR count). The first-order valence-corrected chi connectivity index (χ1v) is 5.21. The van der Waals surface area contributed by atoms with Crippen LogP contribution >= 0.6 is 24.8 Å². The Morgan fingerprint density at radius 2 is 1.62 bits per heavy atom. The lowest BCUT2D eigenvalue weighted by molar-refractivity contribution is 0.675. The Morgan fingerprint density at radius 1 is 1.06 bits per heavy atom. The van der Waals surface area contributed by atoms with Crippen LogP contribution in [0.1, 0.15) is 18.9 Å². The highest BCUT2D eigenvalue weighted by Crippen LogP contribution is 2.11. The fourth-order valence-electron chi connectivity index (χ4n) is 1.32. The van der Waals surface area contributed by atoms with E-state index in [9.17, 15) is 0 Å². The molecule has 0 aliphatic heterocycles. The molecule has 1 N–H and O–H groups in total. The molecule has 0 atom stereocenters. The smallest absolute Gasteiger partial charge is 0.0361 e. The Balaban J connectivity index is 0. The second-order valence-electron chi connectivity index (χ2n) is 3.74. The number of anilines is 1. The van der Waals surface area contributed by atoms with E-state index in [2.05, 4.69) is 55.5 Å². The summed E-state index contributed by atoms with van der Waals surface area (Å²) in [7, 11) is 4.12. The molecule has 0 fully saturated rings. The summed E-state index contributed by atoms with van der Waals surface area (Å²) in [4.78, 5) is 2.11. The molecule has 1 aromatic carbocycles. The Hall–Kier alpha value is -0.440. The van der Waals surface area contributed by atoms with Gasteiger partial charge in [-0.15, -0.1) is 24.8 Å². The molecule has 16 heavy (non-hydrogen) atoms. The minimum atomic E-state index is 0. The fourth-order valence-corrected chi connectivity index (χ4v) is 1.32. The third-order valence-electron chi connectivity index (χ3n) is 2.21. The lowest BCUT2D eigenvalue weighted by Crippen LogP contribution is -2.14. The molecule has 4 heteroatoms. The van der Waals surface area contributed by atoms with Gasteiger partial charge in [-0.2, -0.15) is 0 Å². The molecule has 94 valence electrons. The van der Waals surface area contributed by atoms with Gasteiger partial charge < -0.3 is 10.2 Å². The van der Waals surface area contributed by atoms with Gasteiger partial charge in [0, 0.05) is 26.3 Å². The van der Waals surface area contributed by atoms with Crippen molar-refractivity contribution in [2.75, 3.05) is 25.5 Å². The second-order valence-corrected chi connectivity index (χ2v) is 3.74. The van der Waals surface area contributed by atoms with Gasteiger partial charge in [0.15, 0.2) is 0 Å². The SMILES string of the molecule is CCCNCc1ccc(N(C)C)cc1.Cl.Cl. The zero-order valence-electron chi connectivity index (χ0n) is 10.2. The molecule has 0 amide bonds. The van der Waals surface area contributed by atoms with Crippen LogP contribution in [-0.4, -0.2) is 20.6 Å². The number of halogens is 2. The molecule has 0 saturated carbocycles. The minimum Gasteiger partial charge on any atom is -0.378 e. The first-order chi connectivity index (χ1) is 6.74. The van der Waals surface area contributed by atoms with Crippen LogP contribution in [0.4, 0.5) is 5.69 Å². The van der Waals surface area contributed by atoms with Crippen LogP contribution < -0.4 is 10.2 Å². The van der Waals surface area contributed by atoms with E-state index in [4.69, 9.17) is 0 Å². The van der Waals surface area contributed by atoms with E-state index in [0.717, 1.165) is 13.1 Å². The minimum absolute atomic E-state index is 0. The van der Waals surface area contributed by atoms with Gasteiger partial charge in [0.25, 0.3) is 0 Å². The highest BCUT2D eigenvalue weighted by atomic mass is 35.5. The van der Waals surface area contributed by atoms with Crippen LogP contribution in [0.2, 0.25) is 0 Å². The third-order valence-corrected chi connectivity index (χ3v) is 2.21. The van der Waals surface area contributed by atoms with Crippen molar-refractivity contribution in [3.05, 3.63) is 29.8 Å². The normalized spacial score (nSPS) is 8.94.